The Morgan fingerprint density at radius 2 is 1.76 bits per heavy atom. The zero-order valence-electron chi connectivity index (χ0n) is 19.3. The topological polar surface area (TPSA) is 69.3 Å². The zero-order valence-corrected chi connectivity index (χ0v) is 20.1. The number of benzene rings is 1. The molecule has 1 N–H and O–H groups in total. The largest absolute Gasteiger partial charge is 0.342 e. The maximum atomic E-state index is 13.0. The van der Waals surface area contributed by atoms with Crippen LogP contribution in [-0.4, -0.2) is 51.9 Å². The van der Waals surface area contributed by atoms with Crippen LogP contribution in [0.4, 0.5) is 0 Å². The van der Waals surface area contributed by atoms with E-state index in [1.807, 2.05) is 35.7 Å². The first-order chi connectivity index (χ1) is 16.1. The van der Waals surface area contributed by atoms with E-state index in [1.165, 1.54) is 24.2 Å². The summed E-state index contributed by atoms with van der Waals surface area (Å²) in [5.41, 5.74) is 1.90. The number of H-pyrrole nitrogens is 1. The van der Waals surface area contributed by atoms with E-state index in [-0.39, 0.29) is 17.5 Å². The van der Waals surface area contributed by atoms with Crippen molar-refractivity contribution in [1.29, 1.82) is 0 Å². The minimum absolute atomic E-state index is 0.0126. The first kappa shape index (κ1) is 22.3. The van der Waals surface area contributed by atoms with Gasteiger partial charge in [0.25, 0.3) is 5.56 Å². The lowest BCUT2D eigenvalue weighted by Crippen LogP contribution is -2.43. The summed E-state index contributed by atoms with van der Waals surface area (Å²) in [7, 11) is 0. The number of carbonyl (C=O) groups excluding carboxylic acids is 1. The molecule has 2 aliphatic rings. The number of aromatic amines is 1. The number of fused-ring (bicyclic) bond motifs is 1. The lowest BCUT2D eigenvalue weighted by atomic mass is 9.94. The van der Waals surface area contributed by atoms with Crippen molar-refractivity contribution in [2.24, 2.45) is 5.92 Å². The van der Waals surface area contributed by atoms with Gasteiger partial charge in [-0.15, -0.1) is 11.3 Å². The second-order valence-corrected chi connectivity index (χ2v) is 10.2. The number of hydrogen-bond acceptors (Lipinski definition) is 5. The molecule has 0 bridgehead atoms. The molecule has 174 valence electrons. The Morgan fingerprint density at radius 1 is 1.06 bits per heavy atom. The van der Waals surface area contributed by atoms with Crippen molar-refractivity contribution >= 4 is 27.5 Å². The number of piperidine rings is 1. The Labute approximate surface area is 198 Å². The summed E-state index contributed by atoms with van der Waals surface area (Å²) in [5, 5.41) is 2.69. The van der Waals surface area contributed by atoms with E-state index in [0.29, 0.717) is 17.1 Å². The Kier molecular flexibility index (Phi) is 6.60. The van der Waals surface area contributed by atoms with Crippen LogP contribution < -0.4 is 5.56 Å². The molecule has 2 aliphatic heterocycles. The van der Waals surface area contributed by atoms with Crippen molar-refractivity contribution in [3.8, 4) is 11.1 Å². The molecule has 0 aliphatic carbocycles. The molecule has 1 atom stereocenters. The number of aromatic nitrogens is 2. The molecule has 3 aromatic rings. The maximum absolute atomic E-state index is 13.0. The maximum Gasteiger partial charge on any atom is 0.260 e. The third-order valence-corrected chi connectivity index (χ3v) is 8.16. The number of amides is 1. The van der Waals surface area contributed by atoms with Gasteiger partial charge in [0.05, 0.1) is 11.4 Å². The second-order valence-electron chi connectivity index (χ2n) is 9.37. The van der Waals surface area contributed by atoms with E-state index in [0.717, 1.165) is 67.8 Å². The minimum atomic E-state index is -0.0758. The third kappa shape index (κ3) is 4.62. The van der Waals surface area contributed by atoms with Crippen molar-refractivity contribution in [2.75, 3.05) is 26.2 Å². The van der Waals surface area contributed by atoms with Crippen LogP contribution in [-0.2, 0) is 4.79 Å². The van der Waals surface area contributed by atoms with Crippen LogP contribution in [0.5, 0.6) is 0 Å². The highest BCUT2D eigenvalue weighted by Crippen LogP contribution is 2.32. The summed E-state index contributed by atoms with van der Waals surface area (Å²) in [4.78, 5) is 39.2. The van der Waals surface area contributed by atoms with Crippen LogP contribution in [0.2, 0.25) is 0 Å². The normalized spacial score (nSPS) is 19.5. The number of hydrogen-bond donors (Lipinski definition) is 1. The standard InChI is InChI=1S/C26H32N4O2S/c1-18(29-15-11-20(12-16-29)26(32)30-13-7-2-3-8-14-30)23-27-24(31)22-21(17-33-25(22)28-23)19-9-5-4-6-10-19/h4-6,9-10,17-18,20H,2-3,7-8,11-16H2,1H3,(H,27,28,31)/t18-/m1/s1. The summed E-state index contributed by atoms with van der Waals surface area (Å²) in [6.45, 7) is 5.66. The van der Waals surface area contributed by atoms with E-state index < -0.39 is 0 Å². The summed E-state index contributed by atoms with van der Waals surface area (Å²) in [5.74, 6) is 1.20. The van der Waals surface area contributed by atoms with Crippen molar-refractivity contribution in [3.05, 3.63) is 51.9 Å². The Balaban J connectivity index is 1.28. The predicted molar refractivity (Wildman–Crippen MR) is 133 cm³/mol. The number of nitrogens with zero attached hydrogens (tertiary/aromatic N) is 3. The van der Waals surface area contributed by atoms with E-state index in [1.54, 1.807) is 0 Å². The van der Waals surface area contributed by atoms with Gasteiger partial charge in [0.15, 0.2) is 0 Å². The molecule has 2 aromatic heterocycles. The highest BCUT2D eigenvalue weighted by Gasteiger charge is 2.31. The molecule has 1 aromatic carbocycles. The molecule has 5 rings (SSSR count). The van der Waals surface area contributed by atoms with Gasteiger partial charge in [-0.2, -0.15) is 0 Å². The molecule has 6 nitrogen and oxygen atoms in total. The van der Waals surface area contributed by atoms with Crippen LogP contribution in [0.3, 0.4) is 0 Å². The van der Waals surface area contributed by atoms with Crippen LogP contribution in [0.15, 0.2) is 40.5 Å². The number of carbonyl (C=O) groups is 1. The Morgan fingerprint density at radius 3 is 2.45 bits per heavy atom. The first-order valence-electron chi connectivity index (χ1n) is 12.2. The molecule has 33 heavy (non-hydrogen) atoms. The fourth-order valence-corrected chi connectivity index (χ4v) is 6.20. The molecule has 0 unspecified atom stereocenters. The van der Waals surface area contributed by atoms with Gasteiger partial charge in [0.2, 0.25) is 5.91 Å². The van der Waals surface area contributed by atoms with Gasteiger partial charge >= 0.3 is 0 Å². The quantitative estimate of drug-likeness (QED) is 0.601. The van der Waals surface area contributed by atoms with Crippen molar-refractivity contribution < 1.29 is 4.79 Å². The molecular formula is C26H32N4O2S. The van der Waals surface area contributed by atoms with Crippen LogP contribution >= 0.6 is 11.3 Å². The lowest BCUT2D eigenvalue weighted by Gasteiger charge is -2.36. The Bertz CT molecular complexity index is 1160. The van der Waals surface area contributed by atoms with Crippen LogP contribution in [0.1, 0.15) is 57.3 Å². The van der Waals surface area contributed by atoms with Gasteiger partial charge in [-0.1, -0.05) is 43.2 Å². The Hall–Kier alpha value is -2.51. The summed E-state index contributed by atoms with van der Waals surface area (Å²) >= 11 is 1.52. The molecule has 0 radical (unpaired) electrons. The fourth-order valence-electron chi connectivity index (χ4n) is 5.25. The smallest absolute Gasteiger partial charge is 0.260 e. The molecule has 2 fully saturated rings. The highest BCUT2D eigenvalue weighted by atomic mass is 32.1. The van der Waals surface area contributed by atoms with E-state index in [2.05, 4.69) is 21.7 Å². The van der Waals surface area contributed by atoms with E-state index in [4.69, 9.17) is 4.98 Å². The van der Waals surface area contributed by atoms with Gasteiger partial charge in [-0.3, -0.25) is 14.5 Å². The summed E-state index contributed by atoms with van der Waals surface area (Å²) in [6.07, 6.45) is 6.51. The number of nitrogens with one attached hydrogen (secondary N) is 1. The van der Waals surface area contributed by atoms with Crippen molar-refractivity contribution in [2.45, 2.75) is 51.5 Å². The lowest BCUT2D eigenvalue weighted by molar-refractivity contribution is -0.137. The van der Waals surface area contributed by atoms with Crippen molar-refractivity contribution in [1.82, 2.24) is 19.8 Å². The third-order valence-electron chi connectivity index (χ3n) is 7.29. The molecule has 4 heterocycles. The predicted octanol–water partition coefficient (Wildman–Crippen LogP) is 4.83. The summed E-state index contributed by atoms with van der Waals surface area (Å²) in [6, 6.07) is 10.0. The molecule has 7 heteroatoms. The molecule has 1 amide bonds. The minimum Gasteiger partial charge on any atom is -0.342 e. The number of likely N-dealkylation sites (tertiary alicyclic amines) is 2. The van der Waals surface area contributed by atoms with E-state index in [9.17, 15) is 9.59 Å². The summed E-state index contributed by atoms with van der Waals surface area (Å²) < 4.78 is 0. The SMILES string of the molecule is C[C@H](c1nc2scc(-c3ccccc3)c2c(=O)[nH]1)N1CCC(C(=O)N2CCCCCC2)CC1. The molecule has 2 saturated heterocycles. The number of thiophene rings is 1. The van der Waals surface area contributed by atoms with Gasteiger partial charge in [0.1, 0.15) is 10.7 Å². The average Bonchev–Trinajstić information content (AvgIpc) is 3.10. The highest BCUT2D eigenvalue weighted by molar-refractivity contribution is 7.17. The van der Waals surface area contributed by atoms with Gasteiger partial charge in [0, 0.05) is 30.0 Å². The van der Waals surface area contributed by atoms with Crippen LogP contribution in [0.25, 0.3) is 21.3 Å². The molecule has 0 spiro atoms. The van der Waals surface area contributed by atoms with E-state index >= 15 is 0 Å². The van der Waals surface area contributed by atoms with Crippen LogP contribution in [0, 0.1) is 5.92 Å². The monoisotopic (exact) mass is 464 g/mol. The zero-order chi connectivity index (χ0) is 22.8. The van der Waals surface area contributed by atoms with Gasteiger partial charge < -0.3 is 9.88 Å². The fraction of sp³-hybridized carbons (Fsp3) is 0.500. The molecule has 0 saturated carbocycles. The van der Waals surface area contributed by atoms with Gasteiger partial charge in [-0.25, -0.2) is 4.98 Å². The number of rotatable bonds is 4. The average molecular weight is 465 g/mol. The second kappa shape index (κ2) is 9.77. The molecular weight excluding hydrogens is 432 g/mol. The van der Waals surface area contributed by atoms with Crippen molar-refractivity contribution in [3.63, 3.8) is 0 Å². The first-order valence-corrected chi connectivity index (χ1v) is 13.1. The van der Waals surface area contributed by atoms with Gasteiger partial charge in [-0.05, 0) is 51.3 Å².